The number of aliphatic carboxylic acids is 1. The minimum absolute atomic E-state index is 0.00370. The Kier molecular flexibility index (Phi) is 13.9. The lowest BCUT2D eigenvalue weighted by Crippen LogP contribution is -2.37. The third kappa shape index (κ3) is 15.6. The first-order chi connectivity index (χ1) is 10.1. The molecule has 0 saturated heterocycles. The molecule has 5 nitrogen and oxygen atoms in total. The molecule has 0 spiro atoms. The van der Waals surface area contributed by atoms with Gasteiger partial charge in [-0.15, -0.1) is 0 Å². The maximum Gasteiger partial charge on any atom is 0.317 e. The van der Waals surface area contributed by atoms with Crippen LogP contribution >= 0.6 is 0 Å². The van der Waals surface area contributed by atoms with Gasteiger partial charge in [0.15, 0.2) is 6.29 Å². The van der Waals surface area contributed by atoms with E-state index in [1.165, 1.54) is 51.4 Å². The number of hydrogen-bond donors (Lipinski definition) is 3. The van der Waals surface area contributed by atoms with Crippen LogP contribution in [-0.4, -0.2) is 52.1 Å². The molecule has 0 aromatic rings. The van der Waals surface area contributed by atoms with Gasteiger partial charge >= 0.3 is 5.97 Å². The number of rotatable bonds is 15. The summed E-state index contributed by atoms with van der Waals surface area (Å²) in [5, 5.41) is 26.6. The van der Waals surface area contributed by atoms with E-state index in [0.717, 1.165) is 12.8 Å². The van der Waals surface area contributed by atoms with Crippen molar-refractivity contribution < 1.29 is 20.1 Å². The van der Waals surface area contributed by atoms with Crippen LogP contribution in [0.15, 0.2) is 0 Å². The first-order valence-corrected chi connectivity index (χ1v) is 8.36. The minimum atomic E-state index is -1.47. The van der Waals surface area contributed by atoms with Crippen molar-refractivity contribution in [1.29, 1.82) is 0 Å². The predicted molar refractivity (Wildman–Crippen MR) is 84.1 cm³/mol. The summed E-state index contributed by atoms with van der Waals surface area (Å²) in [7, 11) is 0. The van der Waals surface area contributed by atoms with E-state index >= 15 is 0 Å². The third-order valence-corrected chi connectivity index (χ3v) is 3.61. The number of aliphatic hydroxyl groups is 2. The molecule has 0 heterocycles. The maximum absolute atomic E-state index is 10.7. The van der Waals surface area contributed by atoms with Gasteiger partial charge in [0, 0.05) is 6.54 Å². The Labute approximate surface area is 129 Å². The Morgan fingerprint density at radius 1 is 0.905 bits per heavy atom. The molecule has 0 fully saturated rings. The third-order valence-electron chi connectivity index (χ3n) is 3.61. The molecule has 0 amide bonds. The molecule has 0 aliphatic rings. The SMILES string of the molecule is CCCCCCCCCCCCN(CC(=O)O)CC(O)O. The van der Waals surface area contributed by atoms with Gasteiger partial charge in [0.1, 0.15) is 0 Å². The van der Waals surface area contributed by atoms with E-state index in [9.17, 15) is 4.79 Å². The summed E-state index contributed by atoms with van der Waals surface area (Å²) >= 11 is 0. The average Bonchev–Trinajstić information content (AvgIpc) is 2.39. The number of carboxylic acids is 1. The molecule has 0 aromatic heterocycles. The lowest BCUT2D eigenvalue weighted by Gasteiger charge is -2.20. The summed E-state index contributed by atoms with van der Waals surface area (Å²) < 4.78 is 0. The molecular weight excluding hydrogens is 270 g/mol. The number of nitrogens with zero attached hydrogens (tertiary/aromatic N) is 1. The van der Waals surface area contributed by atoms with Gasteiger partial charge in [-0.2, -0.15) is 0 Å². The van der Waals surface area contributed by atoms with Crippen LogP contribution in [0.4, 0.5) is 0 Å². The second-order valence-corrected chi connectivity index (χ2v) is 5.79. The van der Waals surface area contributed by atoms with E-state index < -0.39 is 12.3 Å². The van der Waals surface area contributed by atoms with Crippen molar-refractivity contribution in [2.45, 2.75) is 77.4 Å². The van der Waals surface area contributed by atoms with Crippen molar-refractivity contribution in [1.82, 2.24) is 4.90 Å². The molecule has 5 heteroatoms. The molecule has 0 saturated carbocycles. The summed E-state index contributed by atoms with van der Waals surface area (Å²) in [5.74, 6) is -0.928. The highest BCUT2D eigenvalue weighted by molar-refractivity contribution is 5.69. The molecule has 0 aromatic carbocycles. The predicted octanol–water partition coefficient (Wildman–Crippen LogP) is 2.60. The number of hydrogen-bond acceptors (Lipinski definition) is 4. The van der Waals surface area contributed by atoms with Crippen LogP contribution in [0.1, 0.15) is 71.1 Å². The number of aliphatic hydroxyl groups excluding tert-OH is 1. The first-order valence-electron chi connectivity index (χ1n) is 8.36. The zero-order chi connectivity index (χ0) is 15.9. The molecule has 0 atom stereocenters. The van der Waals surface area contributed by atoms with E-state index in [2.05, 4.69) is 6.92 Å². The van der Waals surface area contributed by atoms with Crippen molar-refractivity contribution >= 4 is 5.97 Å². The summed E-state index contributed by atoms with van der Waals surface area (Å²) in [5.41, 5.74) is 0. The molecule has 0 radical (unpaired) electrons. The fourth-order valence-electron chi connectivity index (χ4n) is 2.48. The number of unbranched alkanes of at least 4 members (excludes halogenated alkanes) is 9. The Morgan fingerprint density at radius 3 is 1.81 bits per heavy atom. The second kappa shape index (κ2) is 14.3. The van der Waals surface area contributed by atoms with E-state index in [1.807, 2.05) is 0 Å². The summed E-state index contributed by atoms with van der Waals surface area (Å²) in [6.07, 6.45) is 10.9. The maximum atomic E-state index is 10.7. The van der Waals surface area contributed by atoms with Gasteiger partial charge in [-0.3, -0.25) is 9.69 Å². The van der Waals surface area contributed by atoms with E-state index in [0.29, 0.717) is 6.54 Å². The van der Waals surface area contributed by atoms with Crippen molar-refractivity contribution in [3.63, 3.8) is 0 Å². The molecule has 21 heavy (non-hydrogen) atoms. The van der Waals surface area contributed by atoms with Crippen LogP contribution in [0.3, 0.4) is 0 Å². The summed E-state index contributed by atoms with van der Waals surface area (Å²) in [4.78, 5) is 12.2. The largest absolute Gasteiger partial charge is 0.480 e. The molecule has 0 aliphatic carbocycles. The first kappa shape index (κ1) is 20.3. The van der Waals surface area contributed by atoms with Gasteiger partial charge < -0.3 is 15.3 Å². The molecular formula is C16H33NO4. The molecule has 3 N–H and O–H groups in total. The smallest absolute Gasteiger partial charge is 0.317 e. The molecule has 0 unspecified atom stereocenters. The highest BCUT2D eigenvalue weighted by Gasteiger charge is 2.12. The van der Waals surface area contributed by atoms with Gasteiger partial charge in [-0.05, 0) is 13.0 Å². The topological polar surface area (TPSA) is 81.0 Å². The van der Waals surface area contributed by atoms with Crippen LogP contribution < -0.4 is 0 Å². The van der Waals surface area contributed by atoms with E-state index in [-0.39, 0.29) is 13.1 Å². The van der Waals surface area contributed by atoms with Crippen LogP contribution in [-0.2, 0) is 4.79 Å². The molecule has 126 valence electrons. The van der Waals surface area contributed by atoms with Crippen LogP contribution in [0.2, 0.25) is 0 Å². The van der Waals surface area contributed by atoms with E-state index in [4.69, 9.17) is 15.3 Å². The van der Waals surface area contributed by atoms with Crippen molar-refractivity contribution in [2.24, 2.45) is 0 Å². The van der Waals surface area contributed by atoms with Crippen molar-refractivity contribution in [2.75, 3.05) is 19.6 Å². The standard InChI is InChI=1S/C16H33NO4/c1-2-3-4-5-6-7-8-9-10-11-12-17(13-15(18)19)14-16(20)21/h15,18-19H,2-14H2,1H3,(H,20,21). The number of carboxylic acid groups (broad SMARTS) is 1. The molecule has 0 aliphatic heterocycles. The summed E-state index contributed by atoms with van der Waals surface area (Å²) in [6.45, 7) is 2.71. The zero-order valence-corrected chi connectivity index (χ0v) is 13.5. The highest BCUT2D eigenvalue weighted by atomic mass is 16.5. The Morgan fingerprint density at radius 2 is 1.38 bits per heavy atom. The Hall–Kier alpha value is -0.650. The normalized spacial score (nSPS) is 11.5. The van der Waals surface area contributed by atoms with Gasteiger partial charge in [-0.1, -0.05) is 64.7 Å². The zero-order valence-electron chi connectivity index (χ0n) is 13.5. The lowest BCUT2D eigenvalue weighted by atomic mass is 10.1. The minimum Gasteiger partial charge on any atom is -0.480 e. The van der Waals surface area contributed by atoms with Crippen LogP contribution in [0.5, 0.6) is 0 Å². The average molecular weight is 303 g/mol. The fourth-order valence-corrected chi connectivity index (χ4v) is 2.48. The Balaban J connectivity index is 3.46. The van der Waals surface area contributed by atoms with Crippen molar-refractivity contribution in [3.8, 4) is 0 Å². The Bertz CT molecular complexity index is 246. The molecule has 0 bridgehead atoms. The van der Waals surface area contributed by atoms with Gasteiger partial charge in [0.25, 0.3) is 0 Å². The molecule has 0 rings (SSSR count). The summed E-state index contributed by atoms with van der Waals surface area (Å²) in [6, 6.07) is 0. The lowest BCUT2D eigenvalue weighted by molar-refractivity contribution is -0.139. The van der Waals surface area contributed by atoms with Gasteiger partial charge in [-0.25, -0.2) is 0 Å². The number of carbonyl (C=O) groups is 1. The van der Waals surface area contributed by atoms with Gasteiger partial charge in [0.2, 0.25) is 0 Å². The van der Waals surface area contributed by atoms with Crippen molar-refractivity contribution in [3.05, 3.63) is 0 Å². The van der Waals surface area contributed by atoms with Crippen LogP contribution in [0.25, 0.3) is 0 Å². The monoisotopic (exact) mass is 303 g/mol. The van der Waals surface area contributed by atoms with E-state index in [1.54, 1.807) is 4.90 Å². The van der Waals surface area contributed by atoms with Crippen LogP contribution in [0, 0.1) is 0 Å². The van der Waals surface area contributed by atoms with Gasteiger partial charge in [0.05, 0.1) is 6.54 Å². The highest BCUT2D eigenvalue weighted by Crippen LogP contribution is 2.10. The quantitative estimate of drug-likeness (QED) is 0.320. The second-order valence-electron chi connectivity index (χ2n) is 5.79. The fraction of sp³-hybridized carbons (Fsp3) is 0.938.